The van der Waals surface area contributed by atoms with Crippen molar-refractivity contribution in [3.63, 3.8) is 0 Å². The molecule has 0 amide bonds. The summed E-state index contributed by atoms with van der Waals surface area (Å²) in [5, 5.41) is 20.6. The van der Waals surface area contributed by atoms with E-state index in [1.807, 2.05) is 36.5 Å². The Morgan fingerprint density at radius 2 is 0.525 bits per heavy atom. The van der Waals surface area contributed by atoms with Gasteiger partial charge in [0.05, 0.1) is 26.4 Å². The summed E-state index contributed by atoms with van der Waals surface area (Å²) in [5.41, 5.74) is 0. The maximum atomic E-state index is 12.9. The average molecular weight is 1420 g/mol. The van der Waals surface area contributed by atoms with E-state index in [0.717, 1.165) is 128 Å². The molecular formula is C81H126O16P2. The number of esters is 3. The fourth-order valence-electron chi connectivity index (χ4n) is 8.59. The van der Waals surface area contributed by atoms with Crippen molar-refractivity contribution in [2.45, 2.75) is 245 Å². The SMILES string of the molecule is CC/C=C\C/C=C\C/C=C\C/C=C\C/C=C\C/C=C\CCC(=O)OCC(COP(=O)(O)OCC(O)COP(=O)(O)OCC(O)COC(=O)CCCCCCCCCCC/C=C\C/C=C\C/C=C\C/C=C\C/C=C\CC)OC(=O)CC/C=C\C/C=C\C/C=C\C/C=C\C/C=C\C/C=C\CC. The van der Waals surface area contributed by atoms with Gasteiger partial charge < -0.3 is 34.2 Å². The Labute approximate surface area is 597 Å². The topological polar surface area (TPSA) is 231 Å². The molecule has 0 heterocycles. The molecule has 5 atom stereocenters. The fraction of sp³-hybridized carbons (Fsp3) is 0.543. The Morgan fingerprint density at radius 3 is 0.859 bits per heavy atom. The first kappa shape index (κ1) is 93.1. The maximum Gasteiger partial charge on any atom is 0.472 e. The normalized spacial score (nSPS) is 15.3. The van der Waals surface area contributed by atoms with E-state index in [9.17, 15) is 43.5 Å². The van der Waals surface area contributed by atoms with Crippen LogP contribution in [0.2, 0.25) is 0 Å². The van der Waals surface area contributed by atoms with Crippen molar-refractivity contribution in [1.82, 2.24) is 0 Å². The van der Waals surface area contributed by atoms with Crippen molar-refractivity contribution in [2.24, 2.45) is 0 Å². The van der Waals surface area contributed by atoms with Gasteiger partial charge >= 0.3 is 33.6 Å². The molecule has 0 aliphatic rings. The second-order valence-corrected chi connectivity index (χ2v) is 26.1. The molecule has 0 fully saturated rings. The van der Waals surface area contributed by atoms with Gasteiger partial charge in [-0.05, 0) is 141 Å². The third-order valence-corrected chi connectivity index (χ3v) is 15.9. The van der Waals surface area contributed by atoms with Gasteiger partial charge in [0.2, 0.25) is 0 Å². The molecular weight excluding hydrogens is 1290 g/mol. The van der Waals surface area contributed by atoms with E-state index in [4.69, 9.17) is 32.3 Å². The highest BCUT2D eigenvalue weighted by atomic mass is 31.2. The number of aliphatic hydroxyl groups is 2. The summed E-state index contributed by atoms with van der Waals surface area (Å²) < 4.78 is 60.8. The van der Waals surface area contributed by atoms with Crippen LogP contribution in [0.1, 0.15) is 226 Å². The zero-order valence-corrected chi connectivity index (χ0v) is 62.1. The standard InChI is InChI=1S/C81H126O16P2/c1-4-7-10-13-16-19-22-25-28-31-34-35-36-37-38-39-42-44-46-49-52-55-58-61-64-67-79(84)91-70-76(82)71-93-98(87,88)94-72-77(83)73-95-99(89,90)96-75-78(97-81(86)69-66-63-60-57-54-51-48-45-41-33-30-27-24-21-18-15-12-9-6-3)74-92-80(85)68-65-62-59-56-53-50-47-43-40-32-29-26-23-20-17-14-11-8-5-2/h7-12,16-21,25-30,34-35,37-38,40-41,43,45,50-51,53-54,59-60,62-63,76-78,82-83H,4-6,13-15,22-24,31-33,36,39,42,44,46-49,52,55-58,61,64-75H2,1-3H3,(H,87,88)(H,89,90)/b10-7-,11-8-,12-9-,19-16-,20-17-,21-18-,28-25-,29-26-,30-27-,35-34-,38-37-,43-40-,45-41-,53-50-,54-51-,62-59-,63-60-. The number of hydrogen-bond donors (Lipinski definition) is 4. The molecule has 99 heavy (non-hydrogen) atoms. The highest BCUT2D eigenvalue weighted by Crippen LogP contribution is 2.45. The van der Waals surface area contributed by atoms with E-state index < -0.39 is 91.5 Å². The van der Waals surface area contributed by atoms with Crippen molar-refractivity contribution in [3.8, 4) is 0 Å². The summed E-state index contributed by atoms with van der Waals surface area (Å²) >= 11 is 0. The molecule has 0 aromatic rings. The van der Waals surface area contributed by atoms with Crippen LogP contribution in [0.25, 0.3) is 0 Å². The summed E-state index contributed by atoms with van der Waals surface area (Å²) in [6.45, 7) is 2.10. The number of hydrogen-bond acceptors (Lipinski definition) is 14. The summed E-state index contributed by atoms with van der Waals surface area (Å²) in [5.74, 6) is -1.80. The third kappa shape index (κ3) is 73.2. The minimum Gasteiger partial charge on any atom is -0.463 e. The van der Waals surface area contributed by atoms with Crippen LogP contribution in [0.3, 0.4) is 0 Å². The lowest BCUT2D eigenvalue weighted by Crippen LogP contribution is -2.29. The predicted octanol–water partition coefficient (Wildman–Crippen LogP) is 21.0. The Morgan fingerprint density at radius 1 is 0.283 bits per heavy atom. The number of phosphoric acid groups is 2. The van der Waals surface area contributed by atoms with Crippen LogP contribution in [-0.4, -0.2) is 95.9 Å². The first-order valence-electron chi connectivity index (χ1n) is 36.4. The number of carbonyl (C=O) groups excluding carboxylic acids is 3. The van der Waals surface area contributed by atoms with Crippen molar-refractivity contribution in [3.05, 3.63) is 207 Å². The zero-order chi connectivity index (χ0) is 72.3. The lowest BCUT2D eigenvalue weighted by molar-refractivity contribution is -0.161. The molecule has 0 spiro atoms. The molecule has 0 saturated heterocycles. The molecule has 0 saturated carbocycles. The van der Waals surface area contributed by atoms with Crippen LogP contribution in [-0.2, 0) is 55.8 Å². The van der Waals surface area contributed by atoms with Gasteiger partial charge in [-0.25, -0.2) is 9.13 Å². The van der Waals surface area contributed by atoms with E-state index in [1.165, 1.54) is 25.7 Å². The Balaban J connectivity index is 4.79. The smallest absolute Gasteiger partial charge is 0.463 e. The second-order valence-electron chi connectivity index (χ2n) is 23.2. The molecule has 18 heteroatoms. The highest BCUT2D eigenvalue weighted by molar-refractivity contribution is 7.47. The van der Waals surface area contributed by atoms with E-state index in [-0.39, 0.29) is 19.3 Å². The Kier molecular flexibility index (Phi) is 67.7. The molecule has 5 unspecified atom stereocenters. The van der Waals surface area contributed by atoms with Gasteiger partial charge in [-0.3, -0.25) is 32.5 Å². The Bertz CT molecular complexity index is 2630. The number of unbranched alkanes of at least 4 members (excludes halogenated alkanes) is 9. The molecule has 16 nitrogen and oxygen atoms in total. The van der Waals surface area contributed by atoms with Crippen LogP contribution in [0, 0.1) is 0 Å². The van der Waals surface area contributed by atoms with Gasteiger partial charge in [0.15, 0.2) is 6.10 Å². The van der Waals surface area contributed by atoms with Gasteiger partial charge in [-0.2, -0.15) is 0 Å². The predicted molar refractivity (Wildman–Crippen MR) is 407 cm³/mol. The first-order chi connectivity index (χ1) is 48.2. The number of phosphoric ester groups is 2. The molecule has 556 valence electrons. The zero-order valence-electron chi connectivity index (χ0n) is 60.3. The lowest BCUT2D eigenvalue weighted by atomic mass is 10.1. The maximum absolute atomic E-state index is 12.9. The minimum absolute atomic E-state index is 0.0198. The van der Waals surface area contributed by atoms with Crippen LogP contribution >= 0.6 is 15.6 Å². The summed E-state index contributed by atoms with van der Waals surface area (Å²) in [6, 6.07) is 0. The molecule has 0 aromatic heterocycles. The third-order valence-electron chi connectivity index (χ3n) is 14.0. The van der Waals surface area contributed by atoms with Crippen LogP contribution in [0.5, 0.6) is 0 Å². The van der Waals surface area contributed by atoms with E-state index in [0.29, 0.717) is 32.1 Å². The van der Waals surface area contributed by atoms with E-state index >= 15 is 0 Å². The monoisotopic (exact) mass is 1420 g/mol. The average Bonchev–Trinajstić information content (AvgIpc) is 2.97. The van der Waals surface area contributed by atoms with Crippen molar-refractivity contribution >= 4 is 33.6 Å². The number of carbonyl (C=O) groups is 3. The van der Waals surface area contributed by atoms with E-state index in [1.54, 1.807) is 0 Å². The van der Waals surface area contributed by atoms with E-state index in [2.05, 4.69) is 191 Å². The van der Waals surface area contributed by atoms with Crippen LogP contribution < -0.4 is 0 Å². The summed E-state index contributed by atoms with van der Waals surface area (Å²) in [4.78, 5) is 58.5. The van der Waals surface area contributed by atoms with Crippen molar-refractivity contribution in [2.75, 3.05) is 39.6 Å². The van der Waals surface area contributed by atoms with Crippen LogP contribution in [0.4, 0.5) is 0 Å². The van der Waals surface area contributed by atoms with Gasteiger partial charge in [-0.1, -0.05) is 272 Å². The minimum atomic E-state index is -4.98. The molecule has 0 rings (SSSR count). The molecule has 0 aliphatic carbocycles. The molecule has 4 N–H and O–H groups in total. The van der Waals surface area contributed by atoms with Gasteiger partial charge in [0.25, 0.3) is 0 Å². The van der Waals surface area contributed by atoms with Gasteiger partial charge in [0.1, 0.15) is 25.4 Å². The number of ether oxygens (including phenoxy) is 3. The molecule has 0 radical (unpaired) electrons. The molecule has 0 aromatic carbocycles. The number of allylic oxidation sites excluding steroid dienone is 34. The second kappa shape index (κ2) is 71.9. The number of rotatable bonds is 66. The quantitative estimate of drug-likeness (QED) is 0.0146. The number of aliphatic hydroxyl groups excluding tert-OH is 2. The lowest BCUT2D eigenvalue weighted by Gasteiger charge is -2.21. The summed E-state index contributed by atoms with van der Waals surface area (Å²) in [6.07, 6.45) is 94.8. The fourth-order valence-corrected chi connectivity index (χ4v) is 10.2. The largest absolute Gasteiger partial charge is 0.472 e. The van der Waals surface area contributed by atoms with Gasteiger partial charge in [-0.15, -0.1) is 0 Å². The summed E-state index contributed by atoms with van der Waals surface area (Å²) in [7, 11) is -9.85. The van der Waals surface area contributed by atoms with Crippen molar-refractivity contribution in [1.29, 1.82) is 0 Å². The molecule has 0 bridgehead atoms. The van der Waals surface area contributed by atoms with Crippen molar-refractivity contribution < 1.29 is 75.8 Å². The first-order valence-corrected chi connectivity index (χ1v) is 39.4. The molecule has 0 aliphatic heterocycles. The Hall–Kier alpha value is -5.87. The van der Waals surface area contributed by atoms with Gasteiger partial charge in [0, 0.05) is 19.3 Å². The van der Waals surface area contributed by atoms with Crippen LogP contribution in [0.15, 0.2) is 207 Å². The highest BCUT2D eigenvalue weighted by Gasteiger charge is 2.29.